The quantitative estimate of drug-likeness (QED) is 0.567. The van der Waals surface area contributed by atoms with E-state index in [-0.39, 0.29) is 0 Å². The van der Waals surface area contributed by atoms with Crippen LogP contribution in [0.15, 0.2) is 143 Å². The second-order valence-corrected chi connectivity index (χ2v) is 9.22. The van der Waals surface area contributed by atoms with Crippen LogP contribution in [0.25, 0.3) is 0 Å². The van der Waals surface area contributed by atoms with Gasteiger partial charge in [-0.2, -0.15) is 0 Å². The van der Waals surface area contributed by atoms with E-state index in [0.717, 1.165) is 0 Å². The van der Waals surface area contributed by atoms with Crippen LogP contribution in [0.5, 0.6) is 0 Å². The van der Waals surface area contributed by atoms with Crippen molar-refractivity contribution < 1.29 is 0 Å². The van der Waals surface area contributed by atoms with Gasteiger partial charge in [0.1, 0.15) is 0 Å². The number of allylic oxidation sites excluding steroid dienone is 14. The first-order chi connectivity index (χ1) is 13.9. The van der Waals surface area contributed by atoms with Gasteiger partial charge in [0.05, 0.1) is 0 Å². The molecule has 5 rings (SSSR count). The summed E-state index contributed by atoms with van der Waals surface area (Å²) >= 11 is 0. The minimum Gasteiger partial charge on any atom is -0.0726 e. The molecule has 0 spiro atoms. The molecule has 0 N–H and O–H groups in total. The molecule has 0 nitrogen and oxygen atoms in total. The molecule has 0 radical (unpaired) electrons. The van der Waals surface area contributed by atoms with Crippen molar-refractivity contribution in [2.24, 2.45) is 5.92 Å². The molecule has 0 aromatic heterocycles. The Kier molecular flexibility index (Phi) is 4.65. The van der Waals surface area contributed by atoms with Crippen LogP contribution in [0.2, 0.25) is 0 Å². The average Bonchev–Trinajstić information content (AvgIpc) is 3.24. The van der Waals surface area contributed by atoms with Crippen LogP contribution in [0.3, 0.4) is 0 Å². The van der Waals surface area contributed by atoms with Gasteiger partial charge in [-0.25, -0.2) is 0 Å². The Morgan fingerprint density at radius 3 is 2.00 bits per heavy atom. The molecule has 2 aromatic carbocycles. The normalized spacial score (nSPS) is 22.4. The minimum absolute atomic E-state index is 0.347. The SMILES string of the molecule is C1=CC2=CC=C/C(=C3/C=CC=C3P(c3ccccc3)c3ccccc3)C2C=C1. The largest absolute Gasteiger partial charge is 0.0726 e. The Bertz CT molecular complexity index is 1050. The van der Waals surface area contributed by atoms with Crippen LogP contribution >= 0.6 is 7.92 Å². The van der Waals surface area contributed by atoms with Gasteiger partial charge in [0, 0.05) is 5.92 Å². The van der Waals surface area contributed by atoms with E-state index in [2.05, 4.69) is 121 Å². The van der Waals surface area contributed by atoms with E-state index in [0.29, 0.717) is 5.92 Å². The zero-order chi connectivity index (χ0) is 18.8. The third-order valence-corrected chi connectivity index (χ3v) is 7.84. The van der Waals surface area contributed by atoms with Crippen LogP contribution in [0, 0.1) is 5.92 Å². The maximum atomic E-state index is 2.32. The second-order valence-electron chi connectivity index (χ2n) is 7.03. The molecule has 0 aliphatic heterocycles. The summed E-state index contributed by atoms with van der Waals surface area (Å²) in [5, 5.41) is 4.23. The lowest BCUT2D eigenvalue weighted by Crippen LogP contribution is -2.15. The highest BCUT2D eigenvalue weighted by atomic mass is 31.1. The Labute approximate surface area is 168 Å². The molecule has 3 aliphatic carbocycles. The molecule has 2 aromatic rings. The van der Waals surface area contributed by atoms with Crippen LogP contribution in [0.1, 0.15) is 0 Å². The number of hydrogen-bond acceptors (Lipinski definition) is 0. The zero-order valence-corrected chi connectivity index (χ0v) is 16.5. The fourth-order valence-corrected chi connectivity index (χ4v) is 6.53. The van der Waals surface area contributed by atoms with Gasteiger partial charge in [0.15, 0.2) is 0 Å². The summed E-state index contributed by atoms with van der Waals surface area (Å²) in [5.41, 5.74) is 4.15. The molecule has 0 amide bonds. The van der Waals surface area contributed by atoms with Crippen molar-refractivity contribution in [2.45, 2.75) is 0 Å². The first-order valence-corrected chi connectivity index (χ1v) is 11.0. The molecule has 134 valence electrons. The Hall–Kier alpha value is -2.95. The van der Waals surface area contributed by atoms with Gasteiger partial charge < -0.3 is 0 Å². The van der Waals surface area contributed by atoms with Crippen molar-refractivity contribution in [3.8, 4) is 0 Å². The smallest absolute Gasteiger partial charge is 0.0278 e. The summed E-state index contributed by atoms with van der Waals surface area (Å²) in [6, 6.07) is 21.9. The van der Waals surface area contributed by atoms with Crippen molar-refractivity contribution in [3.05, 3.63) is 143 Å². The van der Waals surface area contributed by atoms with Crippen molar-refractivity contribution in [1.82, 2.24) is 0 Å². The van der Waals surface area contributed by atoms with Crippen LogP contribution < -0.4 is 10.6 Å². The number of hydrogen-bond donors (Lipinski definition) is 0. The number of fused-ring (bicyclic) bond motifs is 1. The molecule has 3 aliphatic rings. The van der Waals surface area contributed by atoms with E-state index in [1.54, 1.807) is 0 Å². The van der Waals surface area contributed by atoms with Crippen molar-refractivity contribution in [3.63, 3.8) is 0 Å². The highest BCUT2D eigenvalue weighted by molar-refractivity contribution is 7.77. The van der Waals surface area contributed by atoms with E-state index >= 15 is 0 Å². The molecular formula is C27H21P. The van der Waals surface area contributed by atoms with E-state index in [9.17, 15) is 0 Å². The van der Waals surface area contributed by atoms with Gasteiger partial charge in [0.25, 0.3) is 0 Å². The summed E-state index contributed by atoms with van der Waals surface area (Å²) in [6.07, 6.45) is 22.4. The molecule has 0 saturated heterocycles. The predicted molar refractivity (Wildman–Crippen MR) is 122 cm³/mol. The maximum absolute atomic E-state index is 2.32. The van der Waals surface area contributed by atoms with E-state index < -0.39 is 7.92 Å². The van der Waals surface area contributed by atoms with Crippen LogP contribution in [-0.2, 0) is 0 Å². The fourth-order valence-electron chi connectivity index (χ4n) is 4.05. The van der Waals surface area contributed by atoms with Gasteiger partial charge in [-0.05, 0) is 40.6 Å². The molecule has 0 bridgehead atoms. The van der Waals surface area contributed by atoms with Gasteiger partial charge in [0.2, 0.25) is 0 Å². The topological polar surface area (TPSA) is 0 Å². The molecule has 1 heteroatoms. The Balaban J connectivity index is 1.64. The lowest BCUT2D eigenvalue weighted by molar-refractivity contribution is 0.924. The Morgan fingerprint density at radius 2 is 1.29 bits per heavy atom. The lowest BCUT2D eigenvalue weighted by Gasteiger charge is -2.27. The average molecular weight is 376 g/mol. The zero-order valence-electron chi connectivity index (χ0n) is 15.6. The fraction of sp³-hybridized carbons (Fsp3) is 0.0370. The number of rotatable bonds is 3. The van der Waals surface area contributed by atoms with Crippen molar-refractivity contribution in [2.75, 3.05) is 0 Å². The lowest BCUT2D eigenvalue weighted by atomic mass is 9.82. The van der Waals surface area contributed by atoms with Crippen molar-refractivity contribution >= 4 is 18.5 Å². The summed E-state index contributed by atoms with van der Waals surface area (Å²) in [5.74, 6) is 0.347. The molecule has 1 unspecified atom stereocenters. The number of benzene rings is 2. The highest BCUT2D eigenvalue weighted by Crippen LogP contribution is 2.51. The van der Waals surface area contributed by atoms with E-state index in [1.165, 1.54) is 32.6 Å². The predicted octanol–water partition coefficient (Wildman–Crippen LogP) is 6.11. The molecule has 0 heterocycles. The standard InChI is InChI=1S/C27H21P/c1-3-13-22(14-4-1)28(23-15-5-2-6-16-23)27-20-10-19-26(27)25-18-9-12-21-11-7-8-17-24(21)25/h1-20,24H/b26-25+. The van der Waals surface area contributed by atoms with E-state index in [4.69, 9.17) is 0 Å². The maximum Gasteiger partial charge on any atom is 0.0278 e. The van der Waals surface area contributed by atoms with Gasteiger partial charge in [-0.3, -0.25) is 0 Å². The van der Waals surface area contributed by atoms with Gasteiger partial charge in [-0.15, -0.1) is 0 Å². The third kappa shape index (κ3) is 3.11. The monoisotopic (exact) mass is 376 g/mol. The summed E-state index contributed by atoms with van der Waals surface area (Å²) in [4.78, 5) is 0. The van der Waals surface area contributed by atoms with Gasteiger partial charge in [-0.1, -0.05) is 121 Å². The summed E-state index contributed by atoms with van der Waals surface area (Å²) in [6.45, 7) is 0. The van der Waals surface area contributed by atoms with Crippen LogP contribution in [-0.4, -0.2) is 0 Å². The van der Waals surface area contributed by atoms with Crippen molar-refractivity contribution in [1.29, 1.82) is 0 Å². The van der Waals surface area contributed by atoms with Crippen LogP contribution in [0.4, 0.5) is 0 Å². The summed E-state index contributed by atoms with van der Waals surface area (Å²) in [7, 11) is -0.595. The molecular weight excluding hydrogens is 355 g/mol. The second kappa shape index (κ2) is 7.58. The highest BCUT2D eigenvalue weighted by Gasteiger charge is 2.27. The van der Waals surface area contributed by atoms with E-state index in [1.807, 2.05) is 0 Å². The molecule has 1 atom stereocenters. The Morgan fingerprint density at radius 1 is 0.607 bits per heavy atom. The molecule has 28 heavy (non-hydrogen) atoms. The molecule has 0 saturated carbocycles. The first-order valence-electron chi connectivity index (χ1n) is 9.68. The minimum atomic E-state index is -0.595. The van der Waals surface area contributed by atoms with Gasteiger partial charge >= 0.3 is 0 Å². The summed E-state index contributed by atoms with van der Waals surface area (Å²) < 4.78 is 0. The molecule has 0 fully saturated rings. The third-order valence-electron chi connectivity index (χ3n) is 5.34. The first kappa shape index (κ1) is 17.2.